The quantitative estimate of drug-likeness (QED) is 0.745. The number of aliphatic carboxylic acids is 1. The van der Waals surface area contributed by atoms with Gasteiger partial charge >= 0.3 is 5.97 Å². The molecule has 0 saturated heterocycles. The molecule has 0 spiro atoms. The number of nitrogens with zero attached hydrogens (tertiary/aromatic N) is 1. The van der Waals surface area contributed by atoms with E-state index in [0.717, 1.165) is 24.8 Å². The Balaban J connectivity index is 2.63. The molecular weight excluding hydrogens is 266 g/mol. The number of carboxylic acid groups (broad SMARTS) is 1. The number of carbonyl (C=O) groups is 2. The minimum absolute atomic E-state index is 0.0136. The summed E-state index contributed by atoms with van der Waals surface area (Å²) < 4.78 is 0. The highest BCUT2D eigenvalue weighted by atomic mass is 16.4. The van der Waals surface area contributed by atoms with E-state index in [4.69, 9.17) is 11.5 Å². The largest absolute Gasteiger partial charge is 0.480 e. The summed E-state index contributed by atoms with van der Waals surface area (Å²) in [5, 5.41) is 8.78. The van der Waals surface area contributed by atoms with Crippen LogP contribution in [0.15, 0.2) is 24.3 Å². The van der Waals surface area contributed by atoms with Crippen LogP contribution in [0.5, 0.6) is 0 Å². The molecule has 21 heavy (non-hydrogen) atoms. The Morgan fingerprint density at radius 3 is 2.38 bits per heavy atom. The molecule has 0 heterocycles. The van der Waals surface area contributed by atoms with E-state index < -0.39 is 5.97 Å². The molecular formula is C17H21NO3. The number of rotatable bonds is 8. The fourth-order valence-electron chi connectivity index (χ4n) is 2.00. The van der Waals surface area contributed by atoms with Gasteiger partial charge in [-0.25, -0.2) is 0 Å². The summed E-state index contributed by atoms with van der Waals surface area (Å²) in [6.07, 6.45) is 8.67. The topological polar surface area (TPSA) is 57.6 Å². The average molecular weight is 287 g/mol. The maximum atomic E-state index is 12.1. The number of carbonyl (C=O) groups excluding carboxylic acids is 1. The molecule has 0 aromatic heterocycles. The van der Waals surface area contributed by atoms with Gasteiger partial charge in [-0.3, -0.25) is 9.59 Å². The second-order valence-electron chi connectivity index (χ2n) is 4.94. The van der Waals surface area contributed by atoms with Crippen molar-refractivity contribution in [3.8, 4) is 12.3 Å². The Labute approximate surface area is 125 Å². The van der Waals surface area contributed by atoms with E-state index in [-0.39, 0.29) is 25.4 Å². The predicted octanol–water partition coefficient (Wildman–Crippen LogP) is 2.12. The average Bonchev–Trinajstić information content (AvgIpc) is 2.45. The molecule has 0 bridgehead atoms. The highest BCUT2D eigenvalue weighted by molar-refractivity contribution is 5.83. The van der Waals surface area contributed by atoms with Crippen LogP contribution in [-0.2, 0) is 22.4 Å². The molecule has 112 valence electrons. The van der Waals surface area contributed by atoms with Gasteiger partial charge in [-0.05, 0) is 24.0 Å². The summed E-state index contributed by atoms with van der Waals surface area (Å²) >= 11 is 0. The van der Waals surface area contributed by atoms with E-state index in [2.05, 4.69) is 12.8 Å². The fourth-order valence-corrected chi connectivity index (χ4v) is 2.00. The zero-order chi connectivity index (χ0) is 15.7. The van der Waals surface area contributed by atoms with Crippen LogP contribution < -0.4 is 0 Å². The van der Waals surface area contributed by atoms with Crippen molar-refractivity contribution in [2.24, 2.45) is 0 Å². The van der Waals surface area contributed by atoms with E-state index in [9.17, 15) is 9.59 Å². The lowest BCUT2D eigenvalue weighted by atomic mass is 10.0. The lowest BCUT2D eigenvalue weighted by Gasteiger charge is -2.17. The predicted molar refractivity (Wildman–Crippen MR) is 81.8 cm³/mol. The van der Waals surface area contributed by atoms with Crippen molar-refractivity contribution in [1.29, 1.82) is 0 Å². The zero-order valence-electron chi connectivity index (χ0n) is 12.3. The number of aryl methyl sites for hydroxylation is 1. The van der Waals surface area contributed by atoms with Gasteiger partial charge in [-0.15, -0.1) is 6.42 Å². The first-order valence-corrected chi connectivity index (χ1v) is 7.07. The highest BCUT2D eigenvalue weighted by Gasteiger charge is 2.16. The molecule has 0 fully saturated rings. The van der Waals surface area contributed by atoms with Crippen molar-refractivity contribution in [2.45, 2.75) is 32.6 Å². The molecule has 0 aliphatic carbocycles. The number of amides is 1. The molecule has 0 saturated carbocycles. The van der Waals surface area contributed by atoms with Gasteiger partial charge < -0.3 is 10.0 Å². The van der Waals surface area contributed by atoms with Crippen LogP contribution in [0.3, 0.4) is 0 Å². The van der Waals surface area contributed by atoms with Gasteiger partial charge in [-0.2, -0.15) is 0 Å². The molecule has 4 nitrogen and oxygen atoms in total. The third-order valence-electron chi connectivity index (χ3n) is 3.16. The van der Waals surface area contributed by atoms with E-state index >= 15 is 0 Å². The van der Waals surface area contributed by atoms with Crippen LogP contribution in [0.25, 0.3) is 0 Å². The fraction of sp³-hybridized carbons (Fsp3) is 0.412. The first-order valence-electron chi connectivity index (χ1n) is 7.07. The number of hydrogen-bond donors (Lipinski definition) is 1. The highest BCUT2D eigenvalue weighted by Crippen LogP contribution is 2.09. The van der Waals surface area contributed by atoms with Crippen molar-refractivity contribution in [3.05, 3.63) is 35.4 Å². The van der Waals surface area contributed by atoms with Gasteiger partial charge in [-0.1, -0.05) is 43.5 Å². The Kier molecular flexibility index (Phi) is 7.03. The number of unbranched alkanes of at least 4 members (excludes halogenated alkanes) is 1. The first kappa shape index (κ1) is 16.8. The molecule has 0 aliphatic rings. The minimum atomic E-state index is -1.06. The lowest BCUT2D eigenvalue weighted by Crippen LogP contribution is -2.36. The van der Waals surface area contributed by atoms with Gasteiger partial charge in [0.1, 0.15) is 6.54 Å². The van der Waals surface area contributed by atoms with Crippen molar-refractivity contribution < 1.29 is 14.7 Å². The molecule has 0 atom stereocenters. The van der Waals surface area contributed by atoms with Crippen molar-refractivity contribution in [3.63, 3.8) is 0 Å². The maximum Gasteiger partial charge on any atom is 0.323 e. The molecule has 0 unspecified atom stereocenters. The Morgan fingerprint density at radius 1 is 1.24 bits per heavy atom. The molecule has 0 radical (unpaired) electrons. The SMILES string of the molecule is C#CCN(CC(=O)O)C(=O)Cc1ccc(CCCC)cc1. The van der Waals surface area contributed by atoms with E-state index in [1.807, 2.05) is 24.3 Å². The van der Waals surface area contributed by atoms with Gasteiger partial charge in [0.05, 0.1) is 13.0 Å². The normalized spacial score (nSPS) is 9.90. The third-order valence-corrected chi connectivity index (χ3v) is 3.16. The second-order valence-corrected chi connectivity index (χ2v) is 4.94. The van der Waals surface area contributed by atoms with E-state index in [0.29, 0.717) is 0 Å². The summed E-state index contributed by atoms with van der Waals surface area (Å²) in [4.78, 5) is 24.0. The van der Waals surface area contributed by atoms with Crippen molar-refractivity contribution in [2.75, 3.05) is 13.1 Å². The molecule has 1 rings (SSSR count). The standard InChI is InChI=1S/C17H21NO3/c1-3-5-6-14-7-9-15(10-8-14)12-16(19)18(11-4-2)13-17(20)21/h2,7-10H,3,5-6,11-13H2,1H3,(H,20,21). The summed E-state index contributed by atoms with van der Waals surface area (Å²) in [6, 6.07) is 7.86. The number of terminal acetylenes is 1. The molecule has 1 N–H and O–H groups in total. The molecule has 0 aliphatic heterocycles. The number of hydrogen-bond acceptors (Lipinski definition) is 2. The van der Waals surface area contributed by atoms with Crippen LogP contribution >= 0.6 is 0 Å². The summed E-state index contributed by atoms with van der Waals surface area (Å²) in [5.41, 5.74) is 2.12. The molecule has 1 amide bonds. The number of benzene rings is 1. The molecule has 1 aromatic rings. The summed E-state index contributed by atoms with van der Waals surface area (Å²) in [7, 11) is 0. The number of carboxylic acids is 1. The summed E-state index contributed by atoms with van der Waals surface area (Å²) in [5.74, 6) is 0.985. The van der Waals surface area contributed by atoms with Gasteiger partial charge in [0.15, 0.2) is 0 Å². The first-order chi connectivity index (χ1) is 10.1. The van der Waals surface area contributed by atoms with Gasteiger partial charge in [0.2, 0.25) is 5.91 Å². The Hall–Kier alpha value is -2.28. The van der Waals surface area contributed by atoms with Crippen molar-refractivity contribution in [1.82, 2.24) is 4.90 Å². The lowest BCUT2D eigenvalue weighted by molar-refractivity contribution is -0.143. The Bertz CT molecular complexity index is 514. The van der Waals surface area contributed by atoms with Crippen LogP contribution in [0.1, 0.15) is 30.9 Å². The minimum Gasteiger partial charge on any atom is -0.480 e. The Morgan fingerprint density at radius 2 is 1.86 bits per heavy atom. The monoisotopic (exact) mass is 287 g/mol. The van der Waals surface area contributed by atoms with Crippen molar-refractivity contribution >= 4 is 11.9 Å². The van der Waals surface area contributed by atoms with Gasteiger partial charge in [0.25, 0.3) is 0 Å². The van der Waals surface area contributed by atoms with E-state index in [1.54, 1.807) is 0 Å². The van der Waals surface area contributed by atoms with Crippen LogP contribution in [0, 0.1) is 12.3 Å². The summed E-state index contributed by atoms with van der Waals surface area (Å²) in [6.45, 7) is 1.80. The van der Waals surface area contributed by atoms with Crippen LogP contribution in [0.2, 0.25) is 0 Å². The third kappa shape index (κ3) is 6.13. The second kappa shape index (κ2) is 8.80. The molecule has 1 aromatic carbocycles. The van der Waals surface area contributed by atoms with Crippen LogP contribution in [-0.4, -0.2) is 35.0 Å². The molecule has 4 heteroatoms. The van der Waals surface area contributed by atoms with E-state index in [1.165, 1.54) is 10.5 Å². The van der Waals surface area contributed by atoms with Gasteiger partial charge in [0, 0.05) is 0 Å². The smallest absolute Gasteiger partial charge is 0.323 e. The van der Waals surface area contributed by atoms with Crippen LogP contribution in [0.4, 0.5) is 0 Å². The maximum absolute atomic E-state index is 12.1. The zero-order valence-corrected chi connectivity index (χ0v) is 12.3.